The maximum absolute atomic E-state index is 8.90. The van der Waals surface area contributed by atoms with Crippen LogP contribution in [0, 0.1) is 11.3 Å². The molecule has 0 radical (unpaired) electrons. The summed E-state index contributed by atoms with van der Waals surface area (Å²) in [4.78, 5) is 0. The van der Waals surface area contributed by atoms with Crippen molar-refractivity contribution >= 4 is 41.7 Å². The zero-order valence-corrected chi connectivity index (χ0v) is 15.0. The van der Waals surface area contributed by atoms with Crippen molar-refractivity contribution < 1.29 is 13.6 Å². The van der Waals surface area contributed by atoms with E-state index in [2.05, 4.69) is 0 Å². The third-order valence-corrected chi connectivity index (χ3v) is 5.14. The van der Waals surface area contributed by atoms with Crippen molar-refractivity contribution in [1.29, 1.82) is 5.26 Å². The van der Waals surface area contributed by atoms with Crippen molar-refractivity contribution in [3.63, 3.8) is 0 Å². The summed E-state index contributed by atoms with van der Waals surface area (Å²) < 4.78 is 16.8. The number of hydrogen-bond acceptors (Lipinski definition) is 5. The SMILES string of the molecule is CCCOP(=S)(OCCC)Oc1cc(Cl)c(C#N)cc1Cl. The van der Waals surface area contributed by atoms with Gasteiger partial charge in [-0.3, -0.25) is 9.05 Å². The van der Waals surface area contributed by atoms with E-state index >= 15 is 0 Å². The lowest BCUT2D eigenvalue weighted by molar-refractivity contribution is 0.202. The molecule has 0 heterocycles. The summed E-state index contributed by atoms with van der Waals surface area (Å²) in [5.41, 5.74) is 0.270. The maximum Gasteiger partial charge on any atom is 0.380 e. The molecule has 0 aromatic heterocycles. The van der Waals surface area contributed by atoms with Crippen LogP contribution in [0.1, 0.15) is 32.3 Å². The Hall–Kier alpha value is -0.340. The molecule has 1 rings (SSSR count). The summed E-state index contributed by atoms with van der Waals surface area (Å²) in [5, 5.41) is 9.38. The topological polar surface area (TPSA) is 51.5 Å². The van der Waals surface area contributed by atoms with Crippen LogP contribution < -0.4 is 4.52 Å². The molecule has 0 N–H and O–H groups in total. The minimum absolute atomic E-state index is 0.240. The zero-order chi connectivity index (χ0) is 15.9. The summed E-state index contributed by atoms with van der Waals surface area (Å²) in [5.74, 6) is 0.260. The van der Waals surface area contributed by atoms with E-state index < -0.39 is 6.72 Å². The Morgan fingerprint density at radius 3 is 2.19 bits per heavy atom. The van der Waals surface area contributed by atoms with Crippen molar-refractivity contribution in [2.24, 2.45) is 0 Å². The fourth-order valence-electron chi connectivity index (χ4n) is 1.30. The summed E-state index contributed by atoms with van der Waals surface area (Å²) in [6.45, 7) is 1.86. The normalized spacial score (nSPS) is 11.2. The molecule has 8 heteroatoms. The molecule has 0 unspecified atom stereocenters. The first kappa shape index (κ1) is 18.7. The maximum atomic E-state index is 8.90. The van der Waals surface area contributed by atoms with Gasteiger partial charge in [-0.1, -0.05) is 37.0 Å². The highest BCUT2D eigenvalue weighted by Gasteiger charge is 2.24. The quantitative estimate of drug-likeness (QED) is 0.581. The smallest absolute Gasteiger partial charge is 0.380 e. The molecule has 0 fully saturated rings. The van der Waals surface area contributed by atoms with Gasteiger partial charge in [0.1, 0.15) is 11.8 Å². The molecule has 0 saturated carbocycles. The minimum Gasteiger partial charge on any atom is -0.422 e. The number of benzene rings is 1. The largest absolute Gasteiger partial charge is 0.422 e. The van der Waals surface area contributed by atoms with Crippen LogP contribution >= 0.6 is 29.9 Å². The molecule has 4 nitrogen and oxygen atoms in total. The summed E-state index contributed by atoms with van der Waals surface area (Å²) in [6.07, 6.45) is 1.58. The second-order valence-electron chi connectivity index (χ2n) is 4.08. The summed E-state index contributed by atoms with van der Waals surface area (Å²) in [7, 11) is 0. The van der Waals surface area contributed by atoms with Gasteiger partial charge in [-0.2, -0.15) is 5.26 Å². The fraction of sp³-hybridized carbons (Fsp3) is 0.462. The van der Waals surface area contributed by atoms with Gasteiger partial charge >= 0.3 is 6.72 Å². The third kappa shape index (κ3) is 5.75. The number of halogens is 2. The zero-order valence-electron chi connectivity index (χ0n) is 11.8. The van der Waals surface area contributed by atoms with Crippen molar-refractivity contribution in [3.8, 4) is 11.8 Å². The number of nitriles is 1. The van der Waals surface area contributed by atoms with Crippen molar-refractivity contribution in [2.75, 3.05) is 13.2 Å². The second-order valence-corrected chi connectivity index (χ2v) is 7.83. The van der Waals surface area contributed by atoms with Gasteiger partial charge < -0.3 is 4.52 Å². The Balaban J connectivity index is 3.00. The number of nitrogens with zero attached hydrogens (tertiary/aromatic N) is 1. The monoisotopic (exact) mass is 367 g/mol. The fourth-order valence-corrected chi connectivity index (χ4v) is 3.83. The van der Waals surface area contributed by atoms with Crippen molar-refractivity contribution in [1.82, 2.24) is 0 Å². The predicted octanol–water partition coefficient (Wildman–Crippen LogP) is 5.32. The van der Waals surface area contributed by atoms with Crippen LogP contribution in [0.25, 0.3) is 0 Å². The summed E-state index contributed by atoms with van der Waals surface area (Å²) >= 11 is 17.4. The predicted molar refractivity (Wildman–Crippen MR) is 88.6 cm³/mol. The van der Waals surface area contributed by atoms with Crippen molar-refractivity contribution in [3.05, 3.63) is 27.7 Å². The molecule has 0 aliphatic rings. The average Bonchev–Trinajstić information content (AvgIpc) is 2.46. The molecule has 0 atom stereocenters. The van der Waals surface area contributed by atoms with Crippen LogP contribution in [0.2, 0.25) is 10.0 Å². The number of hydrogen-bond donors (Lipinski definition) is 0. The first-order valence-corrected chi connectivity index (χ1v) is 9.74. The average molecular weight is 368 g/mol. The Morgan fingerprint density at radius 2 is 1.71 bits per heavy atom. The van der Waals surface area contributed by atoms with Gasteiger partial charge in [0.2, 0.25) is 0 Å². The molecule has 0 amide bonds. The molecule has 0 spiro atoms. The van der Waals surface area contributed by atoms with E-state index in [9.17, 15) is 0 Å². The van der Waals surface area contributed by atoms with E-state index in [1.165, 1.54) is 12.1 Å². The van der Waals surface area contributed by atoms with Crippen LogP contribution in [0.15, 0.2) is 12.1 Å². The van der Waals surface area contributed by atoms with E-state index in [-0.39, 0.29) is 21.4 Å². The van der Waals surface area contributed by atoms with Crippen molar-refractivity contribution in [2.45, 2.75) is 26.7 Å². The van der Waals surface area contributed by atoms with Crippen LogP contribution in [0.5, 0.6) is 5.75 Å². The van der Waals surface area contributed by atoms with Gasteiger partial charge in [0.15, 0.2) is 0 Å². The molecule has 0 aliphatic heterocycles. The third-order valence-electron chi connectivity index (χ3n) is 2.26. The Bertz CT molecular complexity index is 565. The molecular formula is C13H16Cl2NO3PS. The minimum atomic E-state index is -2.94. The Kier molecular flexibility index (Phi) is 7.97. The first-order chi connectivity index (χ1) is 9.95. The Morgan fingerprint density at radius 1 is 1.14 bits per heavy atom. The highest BCUT2D eigenvalue weighted by Crippen LogP contribution is 2.52. The summed E-state index contributed by atoms with van der Waals surface area (Å²) in [6, 6.07) is 4.82. The molecule has 1 aromatic rings. The lowest BCUT2D eigenvalue weighted by atomic mass is 10.2. The highest BCUT2D eigenvalue weighted by atomic mass is 35.5. The van der Waals surface area contributed by atoms with E-state index in [0.717, 1.165) is 12.8 Å². The lowest BCUT2D eigenvalue weighted by Gasteiger charge is -2.22. The highest BCUT2D eigenvalue weighted by molar-refractivity contribution is 8.07. The van der Waals surface area contributed by atoms with Crippen LogP contribution in [0.3, 0.4) is 0 Å². The van der Waals surface area contributed by atoms with Crippen LogP contribution in [-0.4, -0.2) is 13.2 Å². The molecule has 1 aromatic carbocycles. The van der Waals surface area contributed by atoms with E-state index in [1.807, 2.05) is 19.9 Å². The van der Waals surface area contributed by atoms with Gasteiger partial charge in [0.05, 0.1) is 28.8 Å². The van der Waals surface area contributed by atoms with Gasteiger partial charge in [0.25, 0.3) is 0 Å². The van der Waals surface area contributed by atoms with Gasteiger partial charge in [-0.05, 0) is 18.9 Å². The van der Waals surface area contributed by atoms with E-state index in [1.54, 1.807) is 0 Å². The van der Waals surface area contributed by atoms with Crippen LogP contribution in [-0.2, 0) is 20.9 Å². The van der Waals surface area contributed by atoms with E-state index in [0.29, 0.717) is 13.2 Å². The molecule has 0 saturated heterocycles. The molecule has 0 bridgehead atoms. The van der Waals surface area contributed by atoms with Crippen LogP contribution in [0.4, 0.5) is 0 Å². The lowest BCUT2D eigenvalue weighted by Crippen LogP contribution is -2.04. The van der Waals surface area contributed by atoms with E-state index in [4.69, 9.17) is 53.8 Å². The molecule has 116 valence electrons. The second kappa shape index (κ2) is 8.95. The molecule has 21 heavy (non-hydrogen) atoms. The first-order valence-electron chi connectivity index (χ1n) is 6.43. The standard InChI is InChI=1S/C13H16Cl2NO3PS/c1-3-5-17-20(21,18-6-4-2)19-13-8-11(14)10(9-16)7-12(13)15/h7-8H,3-6H2,1-2H3. The van der Waals surface area contributed by atoms with Gasteiger partial charge in [-0.15, -0.1) is 0 Å². The van der Waals surface area contributed by atoms with Gasteiger partial charge in [0, 0.05) is 17.9 Å². The molecule has 0 aliphatic carbocycles. The van der Waals surface area contributed by atoms with Gasteiger partial charge in [-0.25, -0.2) is 0 Å². The molecular weight excluding hydrogens is 352 g/mol. The number of rotatable bonds is 8. The Labute approximate surface area is 140 Å².